The molecule has 0 aliphatic carbocycles. The standard InChI is InChI=1S/C15H16O2/c16-11-14(12-7-3-1-4-8-12)15(17)13-9-5-2-6-10-13/h1-10,14-17H,11H2/t14-,15-/m0/s1. The normalized spacial score (nSPS) is 14.2. The van der Waals surface area contributed by atoms with Gasteiger partial charge in [-0.25, -0.2) is 0 Å². The van der Waals surface area contributed by atoms with Crippen molar-refractivity contribution in [3.63, 3.8) is 0 Å². The van der Waals surface area contributed by atoms with Crippen molar-refractivity contribution in [2.24, 2.45) is 0 Å². The molecule has 0 radical (unpaired) electrons. The van der Waals surface area contributed by atoms with E-state index in [-0.39, 0.29) is 12.5 Å². The van der Waals surface area contributed by atoms with Gasteiger partial charge in [0, 0.05) is 5.92 Å². The lowest BCUT2D eigenvalue weighted by atomic mass is 9.90. The summed E-state index contributed by atoms with van der Waals surface area (Å²) in [5.74, 6) is -0.279. The van der Waals surface area contributed by atoms with Gasteiger partial charge >= 0.3 is 0 Å². The van der Waals surface area contributed by atoms with Gasteiger partial charge in [-0.2, -0.15) is 0 Å². The van der Waals surface area contributed by atoms with E-state index in [4.69, 9.17) is 0 Å². The smallest absolute Gasteiger partial charge is 0.0880 e. The molecule has 0 fully saturated rings. The zero-order chi connectivity index (χ0) is 12.1. The van der Waals surface area contributed by atoms with E-state index in [1.165, 1.54) is 0 Å². The SMILES string of the molecule is OC[C@@H](c1ccccc1)[C@@H](O)c1ccccc1. The molecular weight excluding hydrogens is 212 g/mol. The lowest BCUT2D eigenvalue weighted by Crippen LogP contribution is -2.14. The molecule has 2 heteroatoms. The van der Waals surface area contributed by atoms with Crippen molar-refractivity contribution in [3.05, 3.63) is 71.8 Å². The van der Waals surface area contributed by atoms with Crippen LogP contribution in [0, 0.1) is 0 Å². The molecule has 88 valence electrons. The van der Waals surface area contributed by atoms with Gasteiger partial charge < -0.3 is 10.2 Å². The second-order valence-electron chi connectivity index (χ2n) is 4.06. The summed E-state index contributed by atoms with van der Waals surface area (Å²) in [5.41, 5.74) is 1.78. The van der Waals surface area contributed by atoms with E-state index >= 15 is 0 Å². The molecule has 0 bridgehead atoms. The molecule has 2 nitrogen and oxygen atoms in total. The minimum Gasteiger partial charge on any atom is -0.396 e. The molecule has 0 amide bonds. The minimum atomic E-state index is -0.677. The first kappa shape index (κ1) is 11.8. The third-order valence-electron chi connectivity index (χ3n) is 2.95. The van der Waals surface area contributed by atoms with Crippen LogP contribution in [-0.2, 0) is 0 Å². The zero-order valence-electron chi connectivity index (χ0n) is 9.53. The van der Waals surface area contributed by atoms with E-state index in [2.05, 4.69) is 0 Å². The summed E-state index contributed by atoms with van der Waals surface area (Å²) in [6.07, 6.45) is -0.677. The first-order valence-electron chi connectivity index (χ1n) is 5.71. The Balaban J connectivity index is 2.25. The summed E-state index contributed by atoms with van der Waals surface area (Å²) in [6, 6.07) is 19.0. The van der Waals surface area contributed by atoms with Crippen LogP contribution in [0.2, 0.25) is 0 Å². The zero-order valence-corrected chi connectivity index (χ0v) is 9.53. The molecule has 0 saturated carbocycles. The Morgan fingerprint density at radius 2 is 1.24 bits per heavy atom. The van der Waals surface area contributed by atoms with Gasteiger partial charge in [-0.3, -0.25) is 0 Å². The number of benzene rings is 2. The van der Waals surface area contributed by atoms with Gasteiger partial charge in [0.25, 0.3) is 0 Å². The molecule has 2 atom stereocenters. The Bertz CT molecular complexity index is 439. The van der Waals surface area contributed by atoms with Gasteiger partial charge in [-0.05, 0) is 11.1 Å². The second-order valence-corrected chi connectivity index (χ2v) is 4.06. The third kappa shape index (κ3) is 2.73. The molecule has 2 aromatic carbocycles. The van der Waals surface area contributed by atoms with Crippen molar-refractivity contribution in [2.45, 2.75) is 12.0 Å². The maximum absolute atomic E-state index is 10.3. The number of aliphatic hydroxyl groups excluding tert-OH is 2. The van der Waals surface area contributed by atoms with E-state index < -0.39 is 6.10 Å². The summed E-state index contributed by atoms with van der Waals surface area (Å²) in [5, 5.41) is 19.7. The Hall–Kier alpha value is -1.64. The van der Waals surface area contributed by atoms with Crippen LogP contribution >= 0.6 is 0 Å². The van der Waals surface area contributed by atoms with Crippen LogP contribution in [0.15, 0.2) is 60.7 Å². The molecule has 0 aliphatic heterocycles. The average molecular weight is 228 g/mol. The summed E-state index contributed by atoms with van der Waals surface area (Å²) in [6.45, 7) is -0.0694. The maximum atomic E-state index is 10.3. The highest BCUT2D eigenvalue weighted by Crippen LogP contribution is 2.30. The molecule has 0 aliphatic rings. The van der Waals surface area contributed by atoms with Gasteiger partial charge in [0.2, 0.25) is 0 Å². The van der Waals surface area contributed by atoms with E-state index in [9.17, 15) is 10.2 Å². The van der Waals surface area contributed by atoms with Crippen LogP contribution in [0.5, 0.6) is 0 Å². The van der Waals surface area contributed by atoms with Crippen molar-refractivity contribution in [3.8, 4) is 0 Å². The molecule has 2 rings (SSSR count). The monoisotopic (exact) mass is 228 g/mol. The van der Waals surface area contributed by atoms with E-state index in [1.54, 1.807) is 0 Å². The number of hydrogen-bond donors (Lipinski definition) is 2. The fourth-order valence-corrected chi connectivity index (χ4v) is 1.97. The maximum Gasteiger partial charge on any atom is 0.0880 e. The summed E-state index contributed by atoms with van der Waals surface area (Å²) in [4.78, 5) is 0. The first-order valence-corrected chi connectivity index (χ1v) is 5.71. The van der Waals surface area contributed by atoms with Crippen LogP contribution in [0.3, 0.4) is 0 Å². The highest BCUT2D eigenvalue weighted by Gasteiger charge is 2.21. The van der Waals surface area contributed by atoms with Crippen LogP contribution < -0.4 is 0 Å². The van der Waals surface area contributed by atoms with Gasteiger partial charge in [0.15, 0.2) is 0 Å². The van der Waals surface area contributed by atoms with E-state index in [0.29, 0.717) is 0 Å². The molecule has 2 N–H and O–H groups in total. The highest BCUT2D eigenvalue weighted by atomic mass is 16.3. The van der Waals surface area contributed by atoms with Crippen molar-refractivity contribution >= 4 is 0 Å². The molecule has 0 spiro atoms. The van der Waals surface area contributed by atoms with Gasteiger partial charge in [0.05, 0.1) is 12.7 Å². The fraction of sp³-hybridized carbons (Fsp3) is 0.200. The topological polar surface area (TPSA) is 40.5 Å². The Morgan fingerprint density at radius 3 is 1.71 bits per heavy atom. The number of hydrogen-bond acceptors (Lipinski definition) is 2. The van der Waals surface area contributed by atoms with Crippen LogP contribution in [0.1, 0.15) is 23.1 Å². The van der Waals surface area contributed by atoms with Crippen LogP contribution in [0.4, 0.5) is 0 Å². The van der Waals surface area contributed by atoms with Gasteiger partial charge in [-0.1, -0.05) is 60.7 Å². The Labute approximate surface area is 101 Å². The van der Waals surface area contributed by atoms with Gasteiger partial charge in [-0.15, -0.1) is 0 Å². The van der Waals surface area contributed by atoms with Crippen molar-refractivity contribution < 1.29 is 10.2 Å². The van der Waals surface area contributed by atoms with Crippen LogP contribution in [-0.4, -0.2) is 16.8 Å². The molecule has 0 saturated heterocycles. The quantitative estimate of drug-likeness (QED) is 0.844. The lowest BCUT2D eigenvalue weighted by Gasteiger charge is -2.21. The van der Waals surface area contributed by atoms with Crippen molar-refractivity contribution in [2.75, 3.05) is 6.61 Å². The van der Waals surface area contributed by atoms with Gasteiger partial charge in [0.1, 0.15) is 0 Å². The van der Waals surface area contributed by atoms with E-state index in [0.717, 1.165) is 11.1 Å². The number of rotatable bonds is 4. The highest BCUT2D eigenvalue weighted by molar-refractivity contribution is 5.26. The van der Waals surface area contributed by atoms with Crippen molar-refractivity contribution in [1.29, 1.82) is 0 Å². The summed E-state index contributed by atoms with van der Waals surface area (Å²) < 4.78 is 0. The lowest BCUT2D eigenvalue weighted by molar-refractivity contribution is 0.107. The predicted octanol–water partition coefficient (Wildman–Crippen LogP) is 2.50. The molecule has 0 heterocycles. The minimum absolute atomic E-state index is 0.0694. The molecular formula is C15H16O2. The Kier molecular flexibility index (Phi) is 3.91. The molecule has 2 aromatic rings. The largest absolute Gasteiger partial charge is 0.396 e. The summed E-state index contributed by atoms with van der Waals surface area (Å²) in [7, 11) is 0. The fourth-order valence-electron chi connectivity index (χ4n) is 1.97. The molecule has 17 heavy (non-hydrogen) atoms. The Morgan fingerprint density at radius 1 is 0.765 bits per heavy atom. The average Bonchev–Trinajstić information content (AvgIpc) is 2.42. The molecule has 0 aromatic heterocycles. The number of aliphatic hydroxyl groups is 2. The third-order valence-corrected chi connectivity index (χ3v) is 2.95. The van der Waals surface area contributed by atoms with E-state index in [1.807, 2.05) is 60.7 Å². The van der Waals surface area contributed by atoms with Crippen LogP contribution in [0.25, 0.3) is 0 Å². The first-order chi connectivity index (χ1) is 8.33. The predicted molar refractivity (Wildman–Crippen MR) is 67.7 cm³/mol. The van der Waals surface area contributed by atoms with Crippen molar-refractivity contribution in [1.82, 2.24) is 0 Å². The summed E-state index contributed by atoms with van der Waals surface area (Å²) >= 11 is 0. The molecule has 0 unspecified atom stereocenters. The second kappa shape index (κ2) is 5.62.